The van der Waals surface area contributed by atoms with Crippen molar-refractivity contribution in [3.05, 3.63) is 147 Å². The van der Waals surface area contributed by atoms with Crippen molar-refractivity contribution in [1.82, 2.24) is 44.9 Å². The molecule has 0 saturated heterocycles. The number of esters is 3. The highest BCUT2D eigenvalue weighted by atomic mass is 35.5. The van der Waals surface area contributed by atoms with Gasteiger partial charge in [0.25, 0.3) is 0 Å². The Labute approximate surface area is 591 Å². The first-order valence-electron chi connectivity index (χ1n) is 29.6. The molecule has 103 heavy (non-hydrogen) atoms. The minimum absolute atomic E-state index is 0.0569. The van der Waals surface area contributed by atoms with Crippen LogP contribution in [0.2, 0.25) is 5.15 Å². The van der Waals surface area contributed by atoms with Gasteiger partial charge in [-0.05, 0) is 68.3 Å². The van der Waals surface area contributed by atoms with Crippen LogP contribution in [-0.2, 0) is 14.2 Å². The molecule has 0 aliphatic heterocycles. The number of carboxylic acids is 2. The topological polar surface area (TPSA) is 455 Å². The van der Waals surface area contributed by atoms with Crippen molar-refractivity contribution >= 4 is 81.6 Å². The molecular formula is C66H64ClF5N14O16S. The number of nitrogen functional groups attached to an aromatic ring is 5. The molecule has 0 unspecified atom stereocenters. The highest BCUT2D eigenvalue weighted by Gasteiger charge is 2.31. The summed E-state index contributed by atoms with van der Waals surface area (Å²) in [6, 6.07) is 13.1. The molecule has 30 nitrogen and oxygen atoms in total. The lowest BCUT2D eigenvalue weighted by Gasteiger charge is -2.13. The molecule has 542 valence electrons. The molecule has 2 fully saturated rings. The van der Waals surface area contributed by atoms with Crippen LogP contribution in [-0.4, -0.2) is 155 Å². The summed E-state index contributed by atoms with van der Waals surface area (Å²) in [6.07, 6.45) is 11.8. The van der Waals surface area contributed by atoms with Crippen molar-refractivity contribution < 1.29 is 98.8 Å². The zero-order valence-electron chi connectivity index (χ0n) is 56.1. The largest absolute Gasteiger partial charge is 0.492 e. The third-order valence-corrected chi connectivity index (χ3v) is 15.8. The van der Waals surface area contributed by atoms with Crippen LogP contribution in [0.5, 0.6) is 34.8 Å². The number of pyridine rings is 9. The number of halogens is 6. The molecule has 0 spiro atoms. The van der Waals surface area contributed by atoms with E-state index in [1.807, 2.05) is 6.07 Å². The second-order valence-electron chi connectivity index (χ2n) is 21.0. The van der Waals surface area contributed by atoms with Gasteiger partial charge >= 0.3 is 29.8 Å². The van der Waals surface area contributed by atoms with Gasteiger partial charge in [-0.1, -0.05) is 11.6 Å². The molecule has 0 bridgehead atoms. The number of carbonyl (C=O) groups excluding carboxylic acids is 3. The highest BCUT2D eigenvalue weighted by Crippen LogP contribution is 2.43. The Morgan fingerprint density at radius 3 is 0.942 bits per heavy atom. The molecule has 2 aliphatic carbocycles. The third-order valence-electron chi connectivity index (χ3n) is 14.7. The van der Waals surface area contributed by atoms with Gasteiger partial charge in [0.05, 0.1) is 74.6 Å². The number of carboxylic acid groups (broad SMARTS) is 2. The molecule has 2 aliphatic rings. The normalized spacial score (nSPS) is 11.8. The number of ether oxygens (including phenoxy) is 9. The van der Waals surface area contributed by atoms with E-state index in [-0.39, 0.29) is 96.1 Å². The summed E-state index contributed by atoms with van der Waals surface area (Å²) in [5.74, 6) is -8.28. The van der Waals surface area contributed by atoms with Crippen molar-refractivity contribution in [3.8, 4) is 79.8 Å². The number of methoxy groups -OCH3 is 9. The smallest absolute Gasteiger partial charge is 0.360 e. The van der Waals surface area contributed by atoms with Crippen LogP contribution in [0.1, 0.15) is 101 Å². The first kappa shape index (κ1) is 78.1. The average Bonchev–Trinajstić information content (AvgIpc) is 1.80. The molecule has 2 saturated carbocycles. The van der Waals surface area contributed by atoms with E-state index in [2.05, 4.69) is 59.1 Å². The molecule has 37 heteroatoms. The minimum Gasteiger partial charge on any atom is -0.492 e. The van der Waals surface area contributed by atoms with E-state index in [9.17, 15) is 51.0 Å². The predicted molar refractivity (Wildman–Crippen MR) is 364 cm³/mol. The minimum atomic E-state index is -1.37. The van der Waals surface area contributed by atoms with Crippen LogP contribution in [0.15, 0.2) is 78.2 Å². The summed E-state index contributed by atoms with van der Waals surface area (Å²) in [5.41, 5.74) is 27.9. The Balaban J connectivity index is 0.000000181. The van der Waals surface area contributed by atoms with E-state index in [0.29, 0.717) is 40.3 Å². The van der Waals surface area contributed by atoms with Gasteiger partial charge < -0.3 is 81.5 Å². The van der Waals surface area contributed by atoms with E-state index < -0.39 is 81.2 Å². The Morgan fingerprint density at radius 2 is 0.699 bits per heavy atom. The first-order valence-corrected chi connectivity index (χ1v) is 31.2. The lowest BCUT2D eigenvalue weighted by molar-refractivity contribution is 0.0581. The summed E-state index contributed by atoms with van der Waals surface area (Å²) >= 11 is 6.57. The van der Waals surface area contributed by atoms with Crippen LogP contribution in [0, 0.1) is 29.1 Å². The summed E-state index contributed by atoms with van der Waals surface area (Å²) in [7, 11) is 11.4. The predicted octanol–water partition coefficient (Wildman–Crippen LogP) is 10.2. The molecule has 11 rings (SSSR count). The Hall–Kier alpha value is -12.2. The van der Waals surface area contributed by atoms with E-state index in [4.69, 9.17) is 73.8 Å². The number of hydrogen-bond acceptors (Lipinski definition) is 29. The fraction of sp³-hybridized carbons (Fsp3) is 0.242. The number of nitrogens with two attached hydrogens (primary N) is 5. The molecule has 9 aromatic rings. The van der Waals surface area contributed by atoms with Gasteiger partial charge in [-0.2, -0.15) is 0 Å². The van der Waals surface area contributed by atoms with Crippen LogP contribution < -0.4 is 57.1 Å². The van der Waals surface area contributed by atoms with Crippen molar-refractivity contribution in [1.29, 1.82) is 0 Å². The summed E-state index contributed by atoms with van der Waals surface area (Å²) in [5, 5.41) is 17.8. The number of rotatable bonds is 18. The van der Waals surface area contributed by atoms with Gasteiger partial charge in [-0.3, -0.25) is 9.97 Å². The lowest BCUT2D eigenvalue weighted by Crippen LogP contribution is -2.12. The fourth-order valence-corrected chi connectivity index (χ4v) is 10.0. The number of anilines is 5. The van der Waals surface area contributed by atoms with E-state index in [0.717, 1.165) is 48.8 Å². The second kappa shape index (κ2) is 34.7. The zero-order chi connectivity index (χ0) is 75.8. The number of nitrogens with zero attached hydrogens (tertiary/aromatic N) is 9. The Bertz CT molecular complexity index is 4650. The maximum atomic E-state index is 14.5. The van der Waals surface area contributed by atoms with E-state index in [1.165, 1.54) is 107 Å². The fourth-order valence-electron chi connectivity index (χ4n) is 9.21. The van der Waals surface area contributed by atoms with Crippen molar-refractivity contribution in [2.75, 3.05) is 98.9 Å². The van der Waals surface area contributed by atoms with Crippen molar-refractivity contribution in [2.45, 2.75) is 42.4 Å². The van der Waals surface area contributed by atoms with Gasteiger partial charge in [0.1, 0.15) is 45.5 Å². The first-order chi connectivity index (χ1) is 49.1. The monoisotopic (exact) mass is 1470 g/mol. The maximum absolute atomic E-state index is 14.5. The molecule has 12 N–H and O–H groups in total. The third kappa shape index (κ3) is 17.7. The van der Waals surface area contributed by atoms with Crippen LogP contribution in [0.3, 0.4) is 0 Å². The van der Waals surface area contributed by atoms with Gasteiger partial charge in [-0.25, -0.2) is 80.8 Å². The number of aromatic carboxylic acids is 2. The standard InChI is InChI=1S/C16H16FN3O3.C15H14FN3O3.C14H14FN3O4.C13H12FN3O4.C8H8ClFN2O2S/c1-22-15-12(18)11(17)13(20-14(15)16(21)23-2)9-5-6-10(19-7-9)8-3-4-8;1-22-14-11(17)10(16)12(19-13(14)15(20)21)8-4-5-9(18-6-8)7-2-3-7;1-20-8-5-4-7(6-17-8)11-9(15)10(16)13(21-2)12(18-11)14(19)22-3;1-20-7-4-3-6(5-16-7)10-8(14)9(15)12(21-2)11(17-10)13(18)19;1-14-8(13)5-6(15-2)4(11)3(10)7(9)12-5/h5-8H,3-4H2,1-2H3,(H2,18,20);4-7H,2-3H2,1H3,(H2,17,19)(H,20,21);4-6H,1-3H3,(H2,16,18);3-5H,1-2H3,(H2,15,17)(H,18,19);1-2H3,(H2,11,12). The molecule has 0 aromatic carbocycles. The molecular weight excluding hydrogens is 1410 g/mol. The molecule has 9 aromatic heterocycles. The highest BCUT2D eigenvalue weighted by molar-refractivity contribution is 7.98. The van der Waals surface area contributed by atoms with E-state index >= 15 is 0 Å². The average molecular weight is 1470 g/mol. The van der Waals surface area contributed by atoms with Gasteiger partial charge in [0.15, 0.2) is 85.7 Å². The van der Waals surface area contributed by atoms with Crippen LogP contribution in [0.25, 0.3) is 45.0 Å². The summed E-state index contributed by atoms with van der Waals surface area (Å²) in [4.78, 5) is 93.2. The van der Waals surface area contributed by atoms with Crippen molar-refractivity contribution in [3.63, 3.8) is 0 Å². The molecule has 0 amide bonds. The van der Waals surface area contributed by atoms with Gasteiger partial charge in [-0.15, -0.1) is 11.8 Å². The van der Waals surface area contributed by atoms with Gasteiger partial charge in [0.2, 0.25) is 11.8 Å². The molecule has 0 atom stereocenters. The second-order valence-corrected chi connectivity index (χ2v) is 22.2. The Kier molecular flexibility index (Phi) is 26.3. The van der Waals surface area contributed by atoms with Crippen LogP contribution in [0.4, 0.5) is 50.4 Å². The SMILES string of the molecule is COC(=O)c1nc(-c2ccc(C3CC3)nc2)c(F)c(N)c1OC.COC(=O)c1nc(-c2ccc(OC)nc2)c(F)c(N)c1OC.COC(=O)c1nc(Cl)c(F)c(N)c1SC.COc1c(C(=O)O)nc(-c2ccc(C3CC3)nc2)c(F)c1N.COc1ccc(-c2nc(C(=O)O)c(OC)c(N)c2F)cn1. The molecule has 9 heterocycles. The number of carbonyl (C=O) groups is 5. The summed E-state index contributed by atoms with van der Waals surface area (Å²) < 4.78 is 114. The quantitative estimate of drug-likeness (QED) is 0.0138. The number of thioether (sulfide) groups is 1. The summed E-state index contributed by atoms with van der Waals surface area (Å²) in [6.45, 7) is 0. The maximum Gasteiger partial charge on any atom is 0.360 e. The van der Waals surface area contributed by atoms with Gasteiger partial charge in [0, 0.05) is 82.4 Å². The number of hydrogen-bond donors (Lipinski definition) is 7. The van der Waals surface area contributed by atoms with Crippen LogP contribution >= 0.6 is 23.4 Å². The Morgan fingerprint density at radius 1 is 0.408 bits per heavy atom. The number of aromatic nitrogens is 9. The lowest BCUT2D eigenvalue weighted by atomic mass is 10.1. The zero-order valence-corrected chi connectivity index (χ0v) is 57.7. The molecule has 0 radical (unpaired) electrons. The van der Waals surface area contributed by atoms with Crippen molar-refractivity contribution in [2.24, 2.45) is 0 Å². The van der Waals surface area contributed by atoms with E-state index in [1.54, 1.807) is 30.5 Å².